The van der Waals surface area contributed by atoms with Crippen LogP contribution in [0.1, 0.15) is 70.5 Å². The van der Waals surface area contributed by atoms with Crippen molar-refractivity contribution in [2.45, 2.75) is 71.3 Å². The first-order chi connectivity index (χ1) is 9.15. The number of rotatable bonds is 6. The summed E-state index contributed by atoms with van der Waals surface area (Å²) >= 11 is 0. The normalized spacial score (nSPS) is 17.0. The van der Waals surface area contributed by atoms with Gasteiger partial charge in [0.15, 0.2) is 0 Å². The van der Waals surface area contributed by atoms with Gasteiger partial charge in [-0.1, -0.05) is 33.1 Å². The van der Waals surface area contributed by atoms with Gasteiger partial charge in [0.1, 0.15) is 5.78 Å². The molecule has 0 aromatic carbocycles. The molecule has 2 rings (SSSR count). The average Bonchev–Trinajstić information content (AvgIpc) is 2.86. The van der Waals surface area contributed by atoms with Crippen molar-refractivity contribution < 1.29 is 4.79 Å². The Morgan fingerprint density at radius 1 is 1.37 bits per heavy atom. The lowest BCUT2D eigenvalue weighted by Crippen LogP contribution is -2.14. The smallest absolute Gasteiger partial charge is 0.138 e. The Morgan fingerprint density at radius 2 is 2.11 bits per heavy atom. The second-order valence-electron chi connectivity index (χ2n) is 6.23. The van der Waals surface area contributed by atoms with E-state index in [0.29, 0.717) is 30.6 Å². The molecule has 1 aliphatic carbocycles. The summed E-state index contributed by atoms with van der Waals surface area (Å²) in [6.45, 7) is 4.32. The lowest BCUT2D eigenvalue weighted by atomic mass is 9.96. The van der Waals surface area contributed by atoms with E-state index in [2.05, 4.69) is 29.8 Å². The summed E-state index contributed by atoms with van der Waals surface area (Å²) < 4.78 is 2.09. The Bertz CT molecular complexity index is 403. The summed E-state index contributed by atoms with van der Waals surface area (Å²) in [5, 5.41) is 4.60. The fourth-order valence-corrected chi connectivity index (χ4v) is 2.76. The third kappa shape index (κ3) is 4.48. The zero-order valence-electron chi connectivity index (χ0n) is 12.3. The Morgan fingerprint density at radius 3 is 2.79 bits per heavy atom. The lowest BCUT2D eigenvalue weighted by molar-refractivity contribution is -0.118. The number of hydrogen-bond donors (Lipinski definition) is 0. The number of nitrogens with zero attached hydrogens (tertiary/aromatic N) is 2. The van der Waals surface area contributed by atoms with Crippen molar-refractivity contribution >= 4 is 5.78 Å². The van der Waals surface area contributed by atoms with Gasteiger partial charge in [0, 0.05) is 12.6 Å². The van der Waals surface area contributed by atoms with Crippen molar-refractivity contribution in [2.24, 2.45) is 5.92 Å². The maximum absolute atomic E-state index is 11.9. The zero-order valence-corrected chi connectivity index (χ0v) is 12.3. The first-order valence-electron chi connectivity index (χ1n) is 7.71. The van der Waals surface area contributed by atoms with E-state index in [1.54, 1.807) is 0 Å². The lowest BCUT2D eigenvalue weighted by Gasteiger charge is -2.21. The standard InChI is InChI=1S/C16H26N2O/c1-13(2)8-9-16(19)12-14-10-11-18(17-14)15-6-4-3-5-7-15/h10-11,13,15H,3-9,12H2,1-2H3. The largest absolute Gasteiger partial charge is 0.299 e. The van der Waals surface area contributed by atoms with Crippen LogP contribution in [-0.4, -0.2) is 15.6 Å². The van der Waals surface area contributed by atoms with Gasteiger partial charge in [-0.3, -0.25) is 9.48 Å². The molecule has 0 aliphatic heterocycles. The van der Waals surface area contributed by atoms with Crippen molar-refractivity contribution in [1.29, 1.82) is 0 Å². The van der Waals surface area contributed by atoms with Crippen LogP contribution in [0.4, 0.5) is 0 Å². The van der Waals surface area contributed by atoms with Crippen LogP contribution in [-0.2, 0) is 11.2 Å². The molecule has 1 heterocycles. The highest BCUT2D eigenvalue weighted by molar-refractivity contribution is 5.80. The molecule has 3 heteroatoms. The minimum atomic E-state index is 0.322. The molecular formula is C16H26N2O. The molecule has 1 aromatic heterocycles. The molecule has 106 valence electrons. The van der Waals surface area contributed by atoms with Gasteiger partial charge < -0.3 is 0 Å². The van der Waals surface area contributed by atoms with Gasteiger partial charge in [0.25, 0.3) is 0 Å². The van der Waals surface area contributed by atoms with Gasteiger partial charge in [-0.15, -0.1) is 0 Å². The molecule has 0 bridgehead atoms. The summed E-state index contributed by atoms with van der Waals surface area (Å²) in [5.74, 6) is 0.923. The minimum absolute atomic E-state index is 0.322. The summed E-state index contributed by atoms with van der Waals surface area (Å²) in [4.78, 5) is 11.9. The van der Waals surface area contributed by atoms with Gasteiger partial charge in [0.2, 0.25) is 0 Å². The maximum atomic E-state index is 11.9. The molecule has 1 aromatic rings. The molecule has 0 unspecified atom stereocenters. The quantitative estimate of drug-likeness (QED) is 0.778. The minimum Gasteiger partial charge on any atom is -0.299 e. The van der Waals surface area contributed by atoms with Gasteiger partial charge in [-0.05, 0) is 31.2 Å². The molecule has 1 saturated carbocycles. The molecular weight excluding hydrogens is 236 g/mol. The van der Waals surface area contributed by atoms with Gasteiger partial charge >= 0.3 is 0 Å². The number of aromatic nitrogens is 2. The predicted octanol–water partition coefficient (Wildman–Crippen LogP) is 3.94. The second kappa shape index (κ2) is 6.88. The fraction of sp³-hybridized carbons (Fsp3) is 0.750. The number of Topliss-reactive ketones (excluding diaryl/α,β-unsaturated/α-hetero) is 1. The number of hydrogen-bond acceptors (Lipinski definition) is 2. The van der Waals surface area contributed by atoms with E-state index in [4.69, 9.17) is 0 Å². The molecule has 1 aliphatic rings. The number of carbonyl (C=O) groups is 1. The van der Waals surface area contributed by atoms with Gasteiger partial charge in [-0.25, -0.2) is 0 Å². The highest BCUT2D eigenvalue weighted by atomic mass is 16.1. The summed E-state index contributed by atoms with van der Waals surface area (Å²) in [6.07, 6.45) is 10.7. The number of ketones is 1. The van der Waals surface area contributed by atoms with Crippen LogP contribution < -0.4 is 0 Å². The van der Waals surface area contributed by atoms with E-state index in [1.807, 2.05) is 6.07 Å². The molecule has 0 radical (unpaired) electrons. The van der Waals surface area contributed by atoms with E-state index in [0.717, 1.165) is 12.1 Å². The topological polar surface area (TPSA) is 34.9 Å². The predicted molar refractivity (Wildman–Crippen MR) is 77.1 cm³/mol. The summed E-state index contributed by atoms with van der Waals surface area (Å²) in [5.41, 5.74) is 0.944. The average molecular weight is 262 g/mol. The molecule has 19 heavy (non-hydrogen) atoms. The molecule has 0 spiro atoms. The third-order valence-electron chi connectivity index (χ3n) is 3.99. The summed E-state index contributed by atoms with van der Waals surface area (Å²) in [6, 6.07) is 2.58. The Kier molecular flexibility index (Phi) is 5.17. The molecule has 1 fully saturated rings. The maximum Gasteiger partial charge on any atom is 0.138 e. The molecule has 0 amide bonds. The second-order valence-corrected chi connectivity index (χ2v) is 6.23. The monoisotopic (exact) mass is 262 g/mol. The van der Waals surface area contributed by atoms with Crippen molar-refractivity contribution in [2.75, 3.05) is 0 Å². The Labute approximate surface area is 116 Å². The van der Waals surface area contributed by atoms with Crippen molar-refractivity contribution in [1.82, 2.24) is 9.78 Å². The Hall–Kier alpha value is -1.12. The molecule has 3 nitrogen and oxygen atoms in total. The van der Waals surface area contributed by atoms with Crippen LogP contribution in [0.5, 0.6) is 0 Å². The zero-order chi connectivity index (χ0) is 13.7. The van der Waals surface area contributed by atoms with Crippen LogP contribution in [0, 0.1) is 5.92 Å². The SMILES string of the molecule is CC(C)CCC(=O)Cc1ccn(C2CCCCC2)n1. The van der Waals surface area contributed by atoms with E-state index >= 15 is 0 Å². The van der Waals surface area contributed by atoms with Crippen LogP contribution >= 0.6 is 0 Å². The van der Waals surface area contributed by atoms with Crippen molar-refractivity contribution in [3.63, 3.8) is 0 Å². The van der Waals surface area contributed by atoms with E-state index in [1.165, 1.54) is 32.1 Å². The van der Waals surface area contributed by atoms with E-state index in [9.17, 15) is 4.79 Å². The van der Waals surface area contributed by atoms with Gasteiger partial charge in [-0.2, -0.15) is 5.10 Å². The summed E-state index contributed by atoms with van der Waals surface area (Å²) in [7, 11) is 0. The highest BCUT2D eigenvalue weighted by Crippen LogP contribution is 2.27. The Balaban J connectivity index is 1.84. The fourth-order valence-electron chi connectivity index (χ4n) is 2.76. The van der Waals surface area contributed by atoms with Crippen LogP contribution in [0.2, 0.25) is 0 Å². The van der Waals surface area contributed by atoms with Crippen LogP contribution in [0.3, 0.4) is 0 Å². The highest BCUT2D eigenvalue weighted by Gasteiger charge is 2.16. The van der Waals surface area contributed by atoms with Crippen molar-refractivity contribution in [3.05, 3.63) is 18.0 Å². The van der Waals surface area contributed by atoms with E-state index < -0.39 is 0 Å². The molecule has 0 N–H and O–H groups in total. The van der Waals surface area contributed by atoms with Crippen molar-refractivity contribution in [3.8, 4) is 0 Å². The molecule has 0 atom stereocenters. The first-order valence-corrected chi connectivity index (χ1v) is 7.71. The van der Waals surface area contributed by atoms with Crippen LogP contribution in [0.25, 0.3) is 0 Å². The first kappa shape index (κ1) is 14.3. The molecule has 0 saturated heterocycles. The number of carbonyl (C=O) groups excluding carboxylic acids is 1. The van der Waals surface area contributed by atoms with E-state index in [-0.39, 0.29) is 0 Å². The van der Waals surface area contributed by atoms with Gasteiger partial charge in [0.05, 0.1) is 18.2 Å². The third-order valence-corrected chi connectivity index (χ3v) is 3.99. The van der Waals surface area contributed by atoms with Crippen LogP contribution in [0.15, 0.2) is 12.3 Å².